The van der Waals surface area contributed by atoms with E-state index < -0.39 is 10.8 Å². The van der Waals surface area contributed by atoms with Gasteiger partial charge in [0.2, 0.25) is 0 Å². The molecule has 0 radical (unpaired) electrons. The number of rotatable bonds is 6. The van der Waals surface area contributed by atoms with E-state index in [4.69, 9.17) is 10.5 Å². The van der Waals surface area contributed by atoms with Crippen molar-refractivity contribution in [1.82, 2.24) is 5.32 Å². The Labute approximate surface area is 104 Å². The smallest absolute Gasteiger partial charge is 0.282 e. The maximum absolute atomic E-state index is 11.8. The largest absolute Gasteiger partial charge is 0.399 e. The molecule has 0 aliphatic carbocycles. The van der Waals surface area contributed by atoms with Crippen molar-refractivity contribution in [3.63, 3.8) is 0 Å². The topological polar surface area (TPSA) is 107 Å². The Bertz CT molecular complexity index is 448. The Morgan fingerprint density at radius 3 is 2.89 bits per heavy atom. The third kappa shape index (κ3) is 3.70. The summed E-state index contributed by atoms with van der Waals surface area (Å²) in [7, 11) is 1.56. The zero-order chi connectivity index (χ0) is 13.5. The molecule has 0 aliphatic rings. The van der Waals surface area contributed by atoms with Gasteiger partial charge < -0.3 is 15.8 Å². The summed E-state index contributed by atoms with van der Waals surface area (Å²) in [5.41, 5.74) is 5.54. The maximum atomic E-state index is 11.8. The lowest BCUT2D eigenvalue weighted by atomic mass is 10.1. The number of anilines is 1. The van der Waals surface area contributed by atoms with E-state index in [1.54, 1.807) is 7.11 Å². The van der Waals surface area contributed by atoms with Gasteiger partial charge in [-0.25, -0.2) is 0 Å². The third-order valence-electron chi connectivity index (χ3n) is 2.27. The molecule has 0 atom stereocenters. The molecule has 3 N–H and O–H groups in total. The second-order valence-electron chi connectivity index (χ2n) is 3.64. The number of amides is 1. The monoisotopic (exact) mass is 253 g/mol. The quantitative estimate of drug-likeness (QED) is 0.339. The highest BCUT2D eigenvalue weighted by molar-refractivity contribution is 5.99. The fourth-order valence-corrected chi connectivity index (χ4v) is 1.41. The summed E-state index contributed by atoms with van der Waals surface area (Å²) in [4.78, 5) is 21.9. The average Bonchev–Trinajstić information content (AvgIpc) is 2.34. The van der Waals surface area contributed by atoms with E-state index in [1.165, 1.54) is 18.2 Å². The molecule has 98 valence electrons. The minimum absolute atomic E-state index is 0.0302. The first kappa shape index (κ1) is 13.9. The second-order valence-corrected chi connectivity index (χ2v) is 3.64. The standard InChI is InChI=1S/C11H15N3O4/c1-18-6-2-5-13-11(15)9-7-8(12)3-4-10(9)14(16)17/h3-4,7H,2,5-6,12H2,1H3,(H,13,15). The number of nitrogens with zero attached hydrogens (tertiary/aromatic N) is 1. The van der Waals surface area contributed by atoms with Gasteiger partial charge in [0.15, 0.2) is 0 Å². The number of methoxy groups -OCH3 is 1. The lowest BCUT2D eigenvalue weighted by molar-refractivity contribution is -0.385. The number of benzene rings is 1. The number of nitrogen functional groups attached to an aromatic ring is 1. The molecule has 0 fully saturated rings. The average molecular weight is 253 g/mol. The Hall–Kier alpha value is -2.15. The van der Waals surface area contributed by atoms with Crippen molar-refractivity contribution >= 4 is 17.3 Å². The fraction of sp³-hybridized carbons (Fsp3) is 0.364. The van der Waals surface area contributed by atoms with Gasteiger partial charge in [-0.05, 0) is 18.6 Å². The molecule has 0 aromatic heterocycles. The predicted molar refractivity (Wildman–Crippen MR) is 66.3 cm³/mol. The van der Waals surface area contributed by atoms with Crippen molar-refractivity contribution in [1.29, 1.82) is 0 Å². The zero-order valence-electron chi connectivity index (χ0n) is 10.0. The van der Waals surface area contributed by atoms with Crippen LogP contribution in [0.5, 0.6) is 0 Å². The SMILES string of the molecule is COCCCNC(=O)c1cc(N)ccc1[N+](=O)[O-]. The number of nitrogens with two attached hydrogens (primary N) is 1. The van der Waals surface area contributed by atoms with Gasteiger partial charge in [-0.2, -0.15) is 0 Å². The minimum Gasteiger partial charge on any atom is -0.399 e. The van der Waals surface area contributed by atoms with Crippen LogP contribution in [0, 0.1) is 10.1 Å². The summed E-state index contributed by atoms with van der Waals surface area (Å²) in [6.45, 7) is 0.901. The highest BCUT2D eigenvalue weighted by atomic mass is 16.6. The van der Waals surface area contributed by atoms with Crippen LogP contribution in [-0.4, -0.2) is 31.1 Å². The zero-order valence-corrected chi connectivity index (χ0v) is 10.0. The molecule has 0 saturated heterocycles. The first-order valence-corrected chi connectivity index (χ1v) is 5.37. The molecule has 0 saturated carbocycles. The van der Waals surface area contributed by atoms with Gasteiger partial charge in [-0.1, -0.05) is 0 Å². The highest BCUT2D eigenvalue weighted by Gasteiger charge is 2.19. The summed E-state index contributed by atoms with van der Waals surface area (Å²) in [5.74, 6) is -0.509. The molecule has 0 spiro atoms. The van der Waals surface area contributed by atoms with Crippen molar-refractivity contribution in [3.05, 3.63) is 33.9 Å². The van der Waals surface area contributed by atoms with Crippen LogP contribution in [0.2, 0.25) is 0 Å². The van der Waals surface area contributed by atoms with Gasteiger partial charge in [-0.3, -0.25) is 14.9 Å². The van der Waals surface area contributed by atoms with Crippen molar-refractivity contribution in [3.8, 4) is 0 Å². The van der Waals surface area contributed by atoms with Gasteiger partial charge in [0.05, 0.1) is 4.92 Å². The molecule has 0 heterocycles. The first-order chi connectivity index (χ1) is 8.56. The van der Waals surface area contributed by atoms with E-state index in [1.807, 2.05) is 0 Å². The van der Waals surface area contributed by atoms with Crippen LogP contribution in [0.15, 0.2) is 18.2 Å². The molecule has 0 unspecified atom stereocenters. The second kappa shape index (κ2) is 6.55. The van der Waals surface area contributed by atoms with E-state index in [0.717, 1.165) is 0 Å². The van der Waals surface area contributed by atoms with E-state index in [0.29, 0.717) is 25.3 Å². The lowest BCUT2D eigenvalue weighted by Crippen LogP contribution is -2.26. The van der Waals surface area contributed by atoms with Crippen LogP contribution in [0.1, 0.15) is 16.8 Å². The predicted octanol–water partition coefficient (Wildman–Crippen LogP) is 0.943. The van der Waals surface area contributed by atoms with Crippen molar-refractivity contribution in [2.45, 2.75) is 6.42 Å². The molecular formula is C11H15N3O4. The highest BCUT2D eigenvalue weighted by Crippen LogP contribution is 2.20. The van der Waals surface area contributed by atoms with Gasteiger partial charge in [0, 0.05) is 32.0 Å². The van der Waals surface area contributed by atoms with Crippen molar-refractivity contribution < 1.29 is 14.5 Å². The summed E-state index contributed by atoms with van der Waals surface area (Å²) < 4.78 is 4.83. The van der Waals surface area contributed by atoms with Gasteiger partial charge >= 0.3 is 0 Å². The first-order valence-electron chi connectivity index (χ1n) is 5.37. The number of nitrogens with one attached hydrogen (secondary N) is 1. The molecule has 1 aromatic rings. The van der Waals surface area contributed by atoms with Crippen LogP contribution in [0.4, 0.5) is 11.4 Å². The summed E-state index contributed by atoms with van der Waals surface area (Å²) >= 11 is 0. The summed E-state index contributed by atoms with van der Waals surface area (Å²) in [6.07, 6.45) is 0.637. The van der Waals surface area contributed by atoms with Crippen LogP contribution in [0.3, 0.4) is 0 Å². The van der Waals surface area contributed by atoms with Gasteiger partial charge in [-0.15, -0.1) is 0 Å². The normalized spacial score (nSPS) is 10.1. The van der Waals surface area contributed by atoms with Gasteiger partial charge in [0.1, 0.15) is 5.56 Å². The maximum Gasteiger partial charge on any atom is 0.282 e. The van der Waals surface area contributed by atoms with Crippen LogP contribution >= 0.6 is 0 Å². The number of nitro groups is 1. The number of hydrogen-bond acceptors (Lipinski definition) is 5. The molecule has 1 amide bonds. The van der Waals surface area contributed by atoms with Crippen LogP contribution < -0.4 is 11.1 Å². The third-order valence-corrected chi connectivity index (χ3v) is 2.27. The number of ether oxygens (including phenoxy) is 1. The minimum atomic E-state index is -0.608. The molecule has 7 nitrogen and oxygen atoms in total. The Kier molecular flexibility index (Phi) is 5.06. The Morgan fingerprint density at radius 2 is 2.28 bits per heavy atom. The Balaban J connectivity index is 2.77. The molecule has 0 aliphatic heterocycles. The number of hydrogen-bond donors (Lipinski definition) is 2. The summed E-state index contributed by atoms with van der Waals surface area (Å²) in [6, 6.07) is 3.91. The molecule has 1 aromatic carbocycles. The lowest BCUT2D eigenvalue weighted by Gasteiger charge is -2.06. The van der Waals surface area contributed by atoms with E-state index >= 15 is 0 Å². The number of nitro benzene ring substituents is 1. The van der Waals surface area contributed by atoms with Crippen LogP contribution in [-0.2, 0) is 4.74 Å². The van der Waals surface area contributed by atoms with E-state index in [2.05, 4.69) is 5.32 Å². The van der Waals surface area contributed by atoms with Crippen molar-refractivity contribution in [2.24, 2.45) is 0 Å². The molecule has 1 rings (SSSR count). The number of carbonyl (C=O) groups excluding carboxylic acids is 1. The molecule has 18 heavy (non-hydrogen) atoms. The molecular weight excluding hydrogens is 238 g/mol. The van der Waals surface area contributed by atoms with Crippen LogP contribution in [0.25, 0.3) is 0 Å². The number of carbonyl (C=O) groups is 1. The fourth-order valence-electron chi connectivity index (χ4n) is 1.41. The Morgan fingerprint density at radius 1 is 1.56 bits per heavy atom. The van der Waals surface area contributed by atoms with Crippen molar-refractivity contribution in [2.75, 3.05) is 26.0 Å². The molecule has 7 heteroatoms. The summed E-state index contributed by atoms with van der Waals surface area (Å²) in [5, 5.41) is 13.4. The van der Waals surface area contributed by atoms with Gasteiger partial charge in [0.25, 0.3) is 11.6 Å². The van der Waals surface area contributed by atoms with E-state index in [-0.39, 0.29) is 11.3 Å². The molecule has 0 bridgehead atoms. The van der Waals surface area contributed by atoms with E-state index in [9.17, 15) is 14.9 Å².